The van der Waals surface area contributed by atoms with Crippen molar-refractivity contribution in [3.63, 3.8) is 0 Å². The summed E-state index contributed by atoms with van der Waals surface area (Å²) in [6.45, 7) is 1.50. The summed E-state index contributed by atoms with van der Waals surface area (Å²) in [4.78, 5) is 24.5. The van der Waals surface area contributed by atoms with Crippen LogP contribution in [0.3, 0.4) is 0 Å². The maximum absolute atomic E-state index is 12.3. The highest BCUT2D eigenvalue weighted by atomic mass is 35.5. The Morgan fingerprint density at radius 1 is 1.04 bits per heavy atom. The molecule has 2 amide bonds. The first-order valence-electron chi connectivity index (χ1n) is 8.29. The molecular formula is C20H16Cl2N2O4. The molecule has 0 bridgehead atoms. The van der Waals surface area contributed by atoms with E-state index < -0.39 is 17.9 Å². The van der Waals surface area contributed by atoms with Gasteiger partial charge in [0, 0.05) is 10.4 Å². The van der Waals surface area contributed by atoms with Crippen molar-refractivity contribution in [3.8, 4) is 11.5 Å². The molecule has 6 nitrogen and oxygen atoms in total. The molecule has 0 unspecified atom stereocenters. The zero-order valence-electron chi connectivity index (χ0n) is 14.7. The van der Waals surface area contributed by atoms with Gasteiger partial charge in [0.05, 0.1) is 10.6 Å². The van der Waals surface area contributed by atoms with Gasteiger partial charge in [0.2, 0.25) is 0 Å². The number of hydrazine groups is 1. The van der Waals surface area contributed by atoms with Crippen molar-refractivity contribution in [2.45, 2.75) is 13.0 Å². The molecule has 0 aliphatic heterocycles. The van der Waals surface area contributed by atoms with Crippen LogP contribution in [0.1, 0.15) is 17.3 Å². The summed E-state index contributed by atoms with van der Waals surface area (Å²) >= 11 is 11.8. The third kappa shape index (κ3) is 4.30. The monoisotopic (exact) mass is 418 g/mol. The first-order chi connectivity index (χ1) is 13.4. The number of benzene rings is 3. The lowest BCUT2D eigenvalue weighted by Crippen LogP contribution is -2.47. The van der Waals surface area contributed by atoms with Crippen molar-refractivity contribution in [3.05, 3.63) is 70.2 Å². The van der Waals surface area contributed by atoms with E-state index in [2.05, 4.69) is 10.9 Å². The van der Waals surface area contributed by atoms with Gasteiger partial charge in [0.15, 0.2) is 6.10 Å². The molecule has 0 aliphatic carbocycles. The summed E-state index contributed by atoms with van der Waals surface area (Å²) in [6, 6.07) is 14.9. The molecule has 3 rings (SSSR count). The summed E-state index contributed by atoms with van der Waals surface area (Å²) in [5.74, 6) is -1.14. The Morgan fingerprint density at radius 2 is 1.79 bits per heavy atom. The van der Waals surface area contributed by atoms with Crippen LogP contribution in [0.4, 0.5) is 0 Å². The van der Waals surface area contributed by atoms with Crippen LogP contribution in [-0.2, 0) is 4.79 Å². The molecule has 1 atom stereocenters. The summed E-state index contributed by atoms with van der Waals surface area (Å²) in [6.07, 6.45) is -0.941. The zero-order chi connectivity index (χ0) is 20.3. The molecule has 3 N–H and O–H groups in total. The number of rotatable bonds is 4. The predicted molar refractivity (Wildman–Crippen MR) is 108 cm³/mol. The Hall–Kier alpha value is -2.96. The van der Waals surface area contributed by atoms with Gasteiger partial charge in [-0.25, -0.2) is 0 Å². The van der Waals surface area contributed by atoms with E-state index in [9.17, 15) is 14.7 Å². The Kier molecular flexibility index (Phi) is 5.92. The first kappa shape index (κ1) is 19.8. The van der Waals surface area contributed by atoms with Crippen molar-refractivity contribution in [2.75, 3.05) is 0 Å². The molecular weight excluding hydrogens is 403 g/mol. The molecule has 0 radical (unpaired) electrons. The highest BCUT2D eigenvalue weighted by Crippen LogP contribution is 2.29. The van der Waals surface area contributed by atoms with Gasteiger partial charge in [-0.2, -0.15) is 0 Å². The summed E-state index contributed by atoms with van der Waals surface area (Å²) in [7, 11) is 0. The van der Waals surface area contributed by atoms with E-state index in [4.69, 9.17) is 27.9 Å². The van der Waals surface area contributed by atoms with Crippen molar-refractivity contribution in [1.29, 1.82) is 0 Å². The number of ether oxygens (including phenoxy) is 1. The summed E-state index contributed by atoms with van der Waals surface area (Å²) < 4.78 is 5.48. The fourth-order valence-corrected chi connectivity index (χ4v) is 2.99. The Labute approximate surface area is 171 Å². The fourth-order valence-electron chi connectivity index (χ4n) is 2.54. The minimum absolute atomic E-state index is 0.0355. The molecule has 0 saturated heterocycles. The molecule has 0 saturated carbocycles. The minimum Gasteiger partial charge on any atom is -0.506 e. The number of carbonyl (C=O) groups is 2. The van der Waals surface area contributed by atoms with Crippen LogP contribution in [0.2, 0.25) is 10.0 Å². The average molecular weight is 419 g/mol. The molecule has 0 spiro atoms. The van der Waals surface area contributed by atoms with Crippen LogP contribution in [0.25, 0.3) is 10.8 Å². The van der Waals surface area contributed by atoms with E-state index in [0.717, 1.165) is 5.39 Å². The molecule has 0 heterocycles. The number of aromatic hydroxyl groups is 1. The lowest BCUT2D eigenvalue weighted by Gasteiger charge is -2.16. The lowest BCUT2D eigenvalue weighted by atomic mass is 10.1. The summed E-state index contributed by atoms with van der Waals surface area (Å²) in [5, 5.41) is 12.4. The van der Waals surface area contributed by atoms with Crippen LogP contribution >= 0.6 is 23.2 Å². The van der Waals surface area contributed by atoms with Gasteiger partial charge in [-0.15, -0.1) is 0 Å². The number of halogens is 2. The number of phenolic OH excluding ortho intramolecular Hbond substituents is 1. The normalized spacial score (nSPS) is 11.7. The Bertz CT molecular complexity index is 1060. The lowest BCUT2D eigenvalue weighted by molar-refractivity contribution is -0.128. The molecule has 0 fully saturated rings. The van der Waals surface area contributed by atoms with Crippen LogP contribution in [-0.4, -0.2) is 23.0 Å². The predicted octanol–water partition coefficient (Wildman–Crippen LogP) is 4.08. The zero-order valence-corrected chi connectivity index (χ0v) is 16.2. The number of carbonyl (C=O) groups excluding carboxylic acids is 2. The van der Waals surface area contributed by atoms with Crippen molar-refractivity contribution in [2.24, 2.45) is 0 Å². The SMILES string of the molecule is C[C@H](Oc1ccc(Cl)cc1Cl)C(=O)NNC(=O)c1ccc2ccccc2c1O. The van der Waals surface area contributed by atoms with Gasteiger partial charge in [0.25, 0.3) is 11.8 Å². The van der Waals surface area contributed by atoms with Gasteiger partial charge in [0.1, 0.15) is 11.5 Å². The molecule has 0 aliphatic rings. The Morgan fingerprint density at radius 3 is 2.54 bits per heavy atom. The summed E-state index contributed by atoms with van der Waals surface area (Å²) in [5.41, 5.74) is 4.56. The van der Waals surface area contributed by atoms with Crippen molar-refractivity contribution >= 4 is 45.8 Å². The highest BCUT2D eigenvalue weighted by Gasteiger charge is 2.19. The third-order valence-corrected chi connectivity index (χ3v) is 4.54. The van der Waals surface area contributed by atoms with Crippen LogP contribution in [0.15, 0.2) is 54.6 Å². The van der Waals surface area contributed by atoms with E-state index in [1.165, 1.54) is 19.1 Å². The quantitative estimate of drug-likeness (QED) is 0.557. The van der Waals surface area contributed by atoms with E-state index in [1.807, 2.05) is 12.1 Å². The number of hydrogen-bond acceptors (Lipinski definition) is 4. The van der Waals surface area contributed by atoms with E-state index >= 15 is 0 Å². The topological polar surface area (TPSA) is 87.7 Å². The molecule has 0 aromatic heterocycles. The number of nitrogens with one attached hydrogen (secondary N) is 2. The van der Waals surface area contributed by atoms with Crippen LogP contribution < -0.4 is 15.6 Å². The molecule has 3 aromatic carbocycles. The van der Waals surface area contributed by atoms with Gasteiger partial charge in [-0.1, -0.05) is 53.5 Å². The third-order valence-electron chi connectivity index (χ3n) is 4.01. The average Bonchev–Trinajstić information content (AvgIpc) is 2.68. The maximum atomic E-state index is 12.3. The number of hydrogen-bond donors (Lipinski definition) is 3. The number of phenols is 1. The highest BCUT2D eigenvalue weighted by molar-refractivity contribution is 6.35. The second kappa shape index (κ2) is 8.37. The number of amides is 2. The number of fused-ring (bicyclic) bond motifs is 1. The molecule has 144 valence electrons. The molecule has 28 heavy (non-hydrogen) atoms. The maximum Gasteiger partial charge on any atom is 0.279 e. The van der Waals surface area contributed by atoms with Crippen LogP contribution in [0, 0.1) is 0 Å². The van der Waals surface area contributed by atoms with E-state index in [1.54, 1.807) is 30.3 Å². The molecule has 8 heteroatoms. The largest absolute Gasteiger partial charge is 0.506 e. The fraction of sp³-hybridized carbons (Fsp3) is 0.100. The van der Waals surface area contributed by atoms with Gasteiger partial charge in [-0.3, -0.25) is 20.4 Å². The second-order valence-corrected chi connectivity index (χ2v) is 6.80. The van der Waals surface area contributed by atoms with E-state index in [0.29, 0.717) is 10.4 Å². The standard InChI is InChI=1S/C20H16Cl2N2O4/c1-11(28-17-9-7-13(21)10-16(17)22)19(26)23-24-20(27)15-8-6-12-4-2-3-5-14(12)18(15)25/h2-11,25H,1H3,(H,23,26)(H,24,27)/t11-/m0/s1. The van der Waals surface area contributed by atoms with E-state index in [-0.39, 0.29) is 22.1 Å². The van der Waals surface area contributed by atoms with Crippen molar-refractivity contribution < 1.29 is 19.4 Å². The Balaban J connectivity index is 1.64. The molecule has 3 aromatic rings. The van der Waals surface area contributed by atoms with Gasteiger partial charge >= 0.3 is 0 Å². The van der Waals surface area contributed by atoms with Gasteiger partial charge in [-0.05, 0) is 36.6 Å². The smallest absolute Gasteiger partial charge is 0.279 e. The van der Waals surface area contributed by atoms with Crippen molar-refractivity contribution in [1.82, 2.24) is 10.9 Å². The second-order valence-electron chi connectivity index (χ2n) is 5.96. The first-order valence-corrected chi connectivity index (χ1v) is 9.05. The van der Waals surface area contributed by atoms with Crippen LogP contribution in [0.5, 0.6) is 11.5 Å². The minimum atomic E-state index is -0.941. The van der Waals surface area contributed by atoms with Gasteiger partial charge < -0.3 is 9.84 Å².